The number of esters is 1. The van der Waals surface area contributed by atoms with Gasteiger partial charge in [0, 0.05) is 6.07 Å². The molecule has 0 saturated heterocycles. The van der Waals surface area contributed by atoms with Crippen molar-refractivity contribution in [3.05, 3.63) is 6.07 Å². The summed E-state index contributed by atoms with van der Waals surface area (Å²) in [6.07, 6.45) is 0. The maximum Gasteiger partial charge on any atom is 0.325 e. The minimum Gasteiger partial charge on any atom is -0.465 e. The standard InChI is InChI=1S/C8H13N5O2/c1-2-15-7(14)4-11-6-3-5(9)12-8(10)13-6/h3H,2,4H2,1H3,(H5,9,10,11,12,13). The number of aromatic nitrogens is 2. The van der Waals surface area contributed by atoms with E-state index in [9.17, 15) is 4.79 Å². The quantitative estimate of drug-likeness (QED) is 0.581. The average molecular weight is 211 g/mol. The SMILES string of the molecule is CCOC(=O)CNc1cc(N)nc(N)n1. The van der Waals surface area contributed by atoms with Gasteiger partial charge in [-0.15, -0.1) is 0 Å². The molecule has 0 aliphatic rings. The second-order valence-corrected chi connectivity index (χ2v) is 2.69. The van der Waals surface area contributed by atoms with Crippen LogP contribution in [0.4, 0.5) is 17.6 Å². The molecule has 0 amide bonds. The number of nitrogens with zero attached hydrogens (tertiary/aromatic N) is 2. The van der Waals surface area contributed by atoms with Crippen LogP contribution in [-0.2, 0) is 9.53 Å². The van der Waals surface area contributed by atoms with E-state index in [0.717, 1.165) is 0 Å². The Morgan fingerprint density at radius 1 is 1.53 bits per heavy atom. The van der Waals surface area contributed by atoms with Gasteiger partial charge in [-0.2, -0.15) is 9.97 Å². The number of anilines is 3. The number of ether oxygens (including phenoxy) is 1. The zero-order valence-corrected chi connectivity index (χ0v) is 8.36. The van der Waals surface area contributed by atoms with Gasteiger partial charge in [0.2, 0.25) is 5.95 Å². The van der Waals surface area contributed by atoms with E-state index in [-0.39, 0.29) is 24.3 Å². The first-order chi connectivity index (χ1) is 7.11. The summed E-state index contributed by atoms with van der Waals surface area (Å²) < 4.78 is 4.72. The largest absolute Gasteiger partial charge is 0.465 e. The normalized spacial score (nSPS) is 9.67. The van der Waals surface area contributed by atoms with Crippen LogP contribution in [0.15, 0.2) is 6.07 Å². The second-order valence-electron chi connectivity index (χ2n) is 2.69. The Labute approximate surface area is 86.8 Å². The number of hydrogen-bond acceptors (Lipinski definition) is 7. The Bertz CT molecular complexity index is 335. The first-order valence-electron chi connectivity index (χ1n) is 4.41. The molecule has 0 aliphatic carbocycles. The van der Waals surface area contributed by atoms with E-state index in [4.69, 9.17) is 16.2 Å². The van der Waals surface area contributed by atoms with Gasteiger partial charge in [-0.3, -0.25) is 4.79 Å². The Balaban J connectivity index is 2.54. The summed E-state index contributed by atoms with van der Waals surface area (Å²) >= 11 is 0. The van der Waals surface area contributed by atoms with E-state index in [2.05, 4.69) is 15.3 Å². The number of carbonyl (C=O) groups excluding carboxylic acids is 1. The maximum absolute atomic E-state index is 11.0. The Morgan fingerprint density at radius 3 is 2.87 bits per heavy atom. The lowest BCUT2D eigenvalue weighted by Gasteiger charge is -2.05. The molecule has 7 nitrogen and oxygen atoms in total. The van der Waals surface area contributed by atoms with Gasteiger partial charge in [0.15, 0.2) is 0 Å². The van der Waals surface area contributed by atoms with Gasteiger partial charge in [0.1, 0.15) is 18.2 Å². The van der Waals surface area contributed by atoms with Crippen LogP contribution in [0, 0.1) is 0 Å². The minimum atomic E-state index is -0.367. The highest BCUT2D eigenvalue weighted by molar-refractivity contribution is 5.74. The molecule has 0 aliphatic heterocycles. The Morgan fingerprint density at radius 2 is 2.27 bits per heavy atom. The molecule has 0 radical (unpaired) electrons. The molecule has 7 heteroatoms. The van der Waals surface area contributed by atoms with Gasteiger partial charge >= 0.3 is 5.97 Å². The molecule has 0 aromatic carbocycles. The van der Waals surface area contributed by atoms with Crippen molar-refractivity contribution in [2.24, 2.45) is 0 Å². The molecule has 5 N–H and O–H groups in total. The monoisotopic (exact) mass is 211 g/mol. The topological polar surface area (TPSA) is 116 Å². The van der Waals surface area contributed by atoms with Gasteiger partial charge in [-0.1, -0.05) is 0 Å². The fraction of sp³-hybridized carbons (Fsp3) is 0.375. The maximum atomic E-state index is 11.0. The number of nitrogens with one attached hydrogen (secondary N) is 1. The highest BCUT2D eigenvalue weighted by atomic mass is 16.5. The summed E-state index contributed by atoms with van der Waals surface area (Å²) in [5.74, 6) is 0.330. The van der Waals surface area contributed by atoms with Gasteiger partial charge < -0.3 is 21.5 Å². The molecule has 0 spiro atoms. The van der Waals surface area contributed by atoms with Crippen molar-refractivity contribution in [3.8, 4) is 0 Å². The Kier molecular flexibility index (Phi) is 3.67. The highest BCUT2D eigenvalue weighted by Crippen LogP contribution is 2.08. The fourth-order valence-corrected chi connectivity index (χ4v) is 0.951. The predicted molar refractivity (Wildman–Crippen MR) is 56.0 cm³/mol. The summed E-state index contributed by atoms with van der Waals surface area (Å²) in [6, 6.07) is 1.48. The van der Waals surface area contributed by atoms with Crippen molar-refractivity contribution in [3.63, 3.8) is 0 Å². The third-order valence-corrected chi connectivity index (χ3v) is 1.48. The molecule has 15 heavy (non-hydrogen) atoms. The molecular weight excluding hydrogens is 198 g/mol. The lowest BCUT2D eigenvalue weighted by atomic mass is 10.5. The van der Waals surface area contributed by atoms with E-state index in [1.807, 2.05) is 0 Å². The number of nitrogens with two attached hydrogens (primary N) is 2. The molecule has 0 bridgehead atoms. The van der Waals surface area contributed by atoms with Gasteiger partial charge in [0.25, 0.3) is 0 Å². The third-order valence-electron chi connectivity index (χ3n) is 1.48. The summed E-state index contributed by atoms with van der Waals surface area (Å²) in [4.78, 5) is 18.5. The number of carbonyl (C=O) groups is 1. The zero-order valence-electron chi connectivity index (χ0n) is 8.36. The van der Waals surface area contributed by atoms with Crippen LogP contribution < -0.4 is 16.8 Å². The summed E-state index contributed by atoms with van der Waals surface area (Å²) in [5, 5.41) is 2.73. The van der Waals surface area contributed by atoms with E-state index in [0.29, 0.717) is 12.4 Å². The van der Waals surface area contributed by atoms with Crippen LogP contribution in [0.25, 0.3) is 0 Å². The van der Waals surface area contributed by atoms with Crippen LogP contribution in [-0.4, -0.2) is 29.1 Å². The molecule has 0 saturated carbocycles. The molecule has 0 fully saturated rings. The van der Waals surface area contributed by atoms with E-state index >= 15 is 0 Å². The van der Waals surface area contributed by atoms with Gasteiger partial charge in [0.05, 0.1) is 6.61 Å². The van der Waals surface area contributed by atoms with Crippen LogP contribution >= 0.6 is 0 Å². The third kappa shape index (κ3) is 3.67. The van der Waals surface area contributed by atoms with Crippen LogP contribution in [0.3, 0.4) is 0 Å². The average Bonchev–Trinajstić information content (AvgIpc) is 2.14. The van der Waals surface area contributed by atoms with Crippen LogP contribution in [0.2, 0.25) is 0 Å². The first-order valence-corrected chi connectivity index (χ1v) is 4.41. The number of rotatable bonds is 4. The molecule has 0 unspecified atom stereocenters. The van der Waals surface area contributed by atoms with Crippen LogP contribution in [0.1, 0.15) is 6.92 Å². The molecule has 1 aromatic heterocycles. The summed E-state index contributed by atoms with van der Waals surface area (Å²) in [6.45, 7) is 2.09. The number of hydrogen-bond donors (Lipinski definition) is 3. The predicted octanol–water partition coefficient (Wildman–Crippen LogP) is -0.384. The van der Waals surface area contributed by atoms with Gasteiger partial charge in [-0.25, -0.2) is 0 Å². The lowest BCUT2D eigenvalue weighted by Crippen LogP contribution is -2.17. The zero-order chi connectivity index (χ0) is 11.3. The van der Waals surface area contributed by atoms with Crippen molar-refractivity contribution in [1.29, 1.82) is 0 Å². The molecule has 1 heterocycles. The van der Waals surface area contributed by atoms with Crippen LogP contribution in [0.5, 0.6) is 0 Å². The summed E-state index contributed by atoms with van der Waals surface area (Å²) in [5.41, 5.74) is 10.8. The Hall–Kier alpha value is -2.05. The van der Waals surface area contributed by atoms with Gasteiger partial charge in [-0.05, 0) is 6.92 Å². The molecular formula is C8H13N5O2. The molecule has 1 aromatic rings. The van der Waals surface area contributed by atoms with Crippen molar-refractivity contribution >= 4 is 23.6 Å². The fourth-order valence-electron chi connectivity index (χ4n) is 0.951. The van der Waals surface area contributed by atoms with E-state index in [1.54, 1.807) is 6.92 Å². The highest BCUT2D eigenvalue weighted by Gasteiger charge is 2.03. The first kappa shape index (κ1) is 11.0. The molecule has 0 atom stereocenters. The second kappa shape index (κ2) is 4.99. The van der Waals surface area contributed by atoms with Crippen molar-refractivity contribution in [2.75, 3.05) is 29.9 Å². The summed E-state index contributed by atoms with van der Waals surface area (Å²) in [7, 11) is 0. The lowest BCUT2D eigenvalue weighted by molar-refractivity contribution is -0.140. The van der Waals surface area contributed by atoms with Crippen molar-refractivity contribution in [2.45, 2.75) is 6.92 Å². The van der Waals surface area contributed by atoms with Crippen molar-refractivity contribution < 1.29 is 9.53 Å². The number of nitrogen functional groups attached to an aromatic ring is 2. The van der Waals surface area contributed by atoms with Crippen molar-refractivity contribution in [1.82, 2.24) is 9.97 Å². The minimum absolute atomic E-state index is 0.0176. The molecule has 1 rings (SSSR count). The molecule has 82 valence electrons. The van der Waals surface area contributed by atoms with E-state index < -0.39 is 0 Å². The smallest absolute Gasteiger partial charge is 0.325 e. The van der Waals surface area contributed by atoms with E-state index in [1.165, 1.54) is 6.07 Å².